The van der Waals surface area contributed by atoms with Crippen molar-refractivity contribution in [2.24, 2.45) is 5.92 Å². The van der Waals surface area contributed by atoms with Gasteiger partial charge in [0.25, 0.3) is 0 Å². The van der Waals surface area contributed by atoms with E-state index in [-0.39, 0.29) is 18.2 Å². The van der Waals surface area contributed by atoms with Crippen molar-refractivity contribution >= 4 is 34.2 Å². The molecule has 1 aromatic carbocycles. The Balaban J connectivity index is 0.000000271. The molecule has 5 rings (SSSR count). The Kier molecular flexibility index (Phi) is 7.48. The maximum absolute atomic E-state index is 14.5. The third kappa shape index (κ3) is 6.08. The number of halogens is 1. The van der Waals surface area contributed by atoms with E-state index < -0.39 is 11.8 Å². The Morgan fingerprint density at radius 3 is 2.77 bits per heavy atom. The number of aliphatic carboxylic acids is 1. The number of anilines is 3. The molecule has 11 heteroatoms. The van der Waals surface area contributed by atoms with E-state index in [1.54, 1.807) is 42.7 Å². The van der Waals surface area contributed by atoms with E-state index in [2.05, 4.69) is 25.7 Å². The average molecular weight is 480 g/mol. The van der Waals surface area contributed by atoms with Gasteiger partial charge in [-0.1, -0.05) is 0 Å². The lowest BCUT2D eigenvalue weighted by atomic mass is 10.0. The molecule has 0 bridgehead atoms. The predicted molar refractivity (Wildman–Crippen MR) is 130 cm³/mol. The highest BCUT2D eigenvalue weighted by atomic mass is 19.1. The summed E-state index contributed by atoms with van der Waals surface area (Å²) in [6.07, 6.45) is 5.14. The minimum Gasteiger partial charge on any atom is -0.481 e. The molecule has 1 aliphatic heterocycles. The Morgan fingerprint density at radius 1 is 1.26 bits per heavy atom. The number of benzene rings is 1. The zero-order valence-corrected chi connectivity index (χ0v) is 18.9. The summed E-state index contributed by atoms with van der Waals surface area (Å²) in [6.45, 7) is 1.46. The zero-order chi connectivity index (χ0) is 24.8. The lowest BCUT2D eigenvalue weighted by Crippen LogP contribution is -2.34. The molecule has 0 aliphatic carbocycles. The summed E-state index contributed by atoms with van der Waals surface area (Å²) in [6, 6.07) is 11.6. The number of hydrogen-bond donors (Lipinski definition) is 5. The Labute approximate surface area is 200 Å². The topological polar surface area (TPSA) is 151 Å². The fourth-order valence-corrected chi connectivity index (χ4v) is 3.64. The van der Waals surface area contributed by atoms with Gasteiger partial charge in [-0.3, -0.25) is 4.79 Å². The van der Waals surface area contributed by atoms with E-state index in [1.807, 2.05) is 6.07 Å². The van der Waals surface area contributed by atoms with Gasteiger partial charge in [0.15, 0.2) is 0 Å². The number of nitrogens with zero attached hydrogens (tertiary/aromatic N) is 4. The number of nitrogens with two attached hydrogens (primary N) is 1. The maximum atomic E-state index is 14.5. The van der Waals surface area contributed by atoms with Gasteiger partial charge in [-0.05, 0) is 49.7 Å². The number of hydrogen-bond acceptors (Lipinski definition) is 8. The van der Waals surface area contributed by atoms with Crippen LogP contribution in [0.3, 0.4) is 0 Å². The number of rotatable bonds is 5. The molecule has 182 valence electrons. The molecule has 4 heterocycles. The Morgan fingerprint density at radius 2 is 2.11 bits per heavy atom. The molecule has 1 saturated heterocycles. The second-order valence-electron chi connectivity index (χ2n) is 8.08. The van der Waals surface area contributed by atoms with Crippen molar-refractivity contribution in [1.29, 1.82) is 0 Å². The predicted octanol–water partition coefficient (Wildman–Crippen LogP) is 2.84. The van der Waals surface area contributed by atoms with Crippen LogP contribution in [0.15, 0.2) is 54.9 Å². The Hall–Kier alpha value is -4.09. The van der Waals surface area contributed by atoms with Crippen molar-refractivity contribution in [3.63, 3.8) is 0 Å². The van der Waals surface area contributed by atoms with Crippen LogP contribution in [0, 0.1) is 11.7 Å². The van der Waals surface area contributed by atoms with E-state index in [1.165, 1.54) is 10.7 Å². The molecule has 0 radical (unpaired) electrons. The van der Waals surface area contributed by atoms with Gasteiger partial charge in [0.05, 0.1) is 35.1 Å². The minimum absolute atomic E-state index is 0.140. The highest BCUT2D eigenvalue weighted by Gasteiger charge is 2.19. The van der Waals surface area contributed by atoms with Gasteiger partial charge < -0.3 is 26.6 Å². The number of aliphatic hydroxyl groups is 1. The zero-order valence-electron chi connectivity index (χ0n) is 18.9. The van der Waals surface area contributed by atoms with Crippen molar-refractivity contribution in [1.82, 2.24) is 25.1 Å². The number of carboxylic acid groups (broad SMARTS) is 1. The molecular weight excluding hydrogens is 453 g/mol. The summed E-state index contributed by atoms with van der Waals surface area (Å²) in [5.74, 6) is -0.387. The van der Waals surface area contributed by atoms with Gasteiger partial charge in [0.1, 0.15) is 17.5 Å². The number of fused-ring (bicyclic) bond motifs is 1. The monoisotopic (exact) mass is 479 g/mol. The number of carbonyl (C=O) groups is 1. The molecule has 0 amide bonds. The number of pyridine rings is 2. The lowest BCUT2D eigenvalue weighted by Gasteiger charge is -2.18. The van der Waals surface area contributed by atoms with Crippen molar-refractivity contribution < 1.29 is 19.4 Å². The van der Waals surface area contributed by atoms with Crippen LogP contribution in [0.1, 0.15) is 18.5 Å². The van der Waals surface area contributed by atoms with Gasteiger partial charge in [0, 0.05) is 36.5 Å². The van der Waals surface area contributed by atoms with Crippen LogP contribution in [0.2, 0.25) is 0 Å². The average Bonchev–Trinajstić information content (AvgIpc) is 3.35. The van der Waals surface area contributed by atoms with Crippen LogP contribution in [-0.4, -0.2) is 49.0 Å². The highest BCUT2D eigenvalue weighted by molar-refractivity contribution is 5.82. The van der Waals surface area contributed by atoms with Gasteiger partial charge in [-0.25, -0.2) is 19.0 Å². The normalized spacial score (nSPS) is 15.3. The van der Waals surface area contributed by atoms with Crippen LogP contribution >= 0.6 is 0 Å². The van der Waals surface area contributed by atoms with Crippen molar-refractivity contribution in [3.05, 3.63) is 66.4 Å². The molecule has 10 nitrogen and oxygen atoms in total. The molecule has 1 unspecified atom stereocenters. The van der Waals surface area contributed by atoms with Gasteiger partial charge in [-0.2, -0.15) is 5.10 Å². The number of carboxylic acids is 1. The fraction of sp³-hybridized carbons (Fsp3) is 0.250. The van der Waals surface area contributed by atoms with Gasteiger partial charge in [0.2, 0.25) is 0 Å². The molecule has 0 spiro atoms. The van der Waals surface area contributed by atoms with E-state index in [0.717, 1.165) is 24.8 Å². The van der Waals surface area contributed by atoms with E-state index in [0.29, 0.717) is 35.1 Å². The van der Waals surface area contributed by atoms with Crippen molar-refractivity contribution in [2.45, 2.75) is 19.4 Å². The quantitative estimate of drug-likeness (QED) is 0.291. The van der Waals surface area contributed by atoms with Crippen molar-refractivity contribution in [3.8, 4) is 5.69 Å². The highest BCUT2D eigenvalue weighted by Crippen LogP contribution is 2.23. The first-order chi connectivity index (χ1) is 16.9. The lowest BCUT2D eigenvalue weighted by molar-refractivity contribution is -0.142. The van der Waals surface area contributed by atoms with E-state index >= 15 is 0 Å². The van der Waals surface area contributed by atoms with Crippen LogP contribution in [0.5, 0.6) is 0 Å². The summed E-state index contributed by atoms with van der Waals surface area (Å²) < 4.78 is 16.0. The molecule has 3 aromatic heterocycles. The summed E-state index contributed by atoms with van der Waals surface area (Å²) in [7, 11) is 0. The van der Waals surface area contributed by atoms with Crippen LogP contribution in [0.4, 0.5) is 21.7 Å². The summed E-state index contributed by atoms with van der Waals surface area (Å²) >= 11 is 0. The molecule has 0 saturated carbocycles. The fourth-order valence-electron chi connectivity index (χ4n) is 3.64. The number of aliphatic hydroxyl groups excluding tert-OH is 1. The maximum Gasteiger partial charge on any atom is 0.307 e. The van der Waals surface area contributed by atoms with Gasteiger partial charge >= 0.3 is 5.97 Å². The first-order valence-corrected chi connectivity index (χ1v) is 11.1. The van der Waals surface area contributed by atoms with Gasteiger partial charge in [-0.15, -0.1) is 0 Å². The molecule has 6 N–H and O–H groups in total. The molecule has 35 heavy (non-hydrogen) atoms. The molecule has 1 aliphatic rings. The van der Waals surface area contributed by atoms with E-state index in [9.17, 15) is 9.18 Å². The summed E-state index contributed by atoms with van der Waals surface area (Å²) in [4.78, 5) is 18.8. The van der Waals surface area contributed by atoms with Crippen molar-refractivity contribution in [2.75, 3.05) is 24.1 Å². The molecular formula is C24H26FN7O3. The molecule has 1 atom stereocenters. The minimum atomic E-state index is -0.665. The number of nitrogens with one attached hydrogen (secondary N) is 2. The third-order valence-corrected chi connectivity index (χ3v) is 5.53. The SMILES string of the molecule is Nc1ccc2cnc(Nc3ccc(-n4ccc(CO)n4)cc3F)cc2n1.O=C(O)C1CCCNC1. The standard InChI is InChI=1S/C18H15FN6O.C6H11NO2/c19-14-7-13(25-6-5-12(10-26)24-25)2-3-15(14)23-18-8-16-11(9-21-18)1-4-17(20)22-16;8-6(9)5-2-1-3-7-4-5/h1-9,26H,10H2,(H2,20,22)(H,21,23);5,7H,1-4H2,(H,8,9). The van der Waals surface area contributed by atoms with Crippen LogP contribution in [0.25, 0.3) is 16.6 Å². The third-order valence-electron chi connectivity index (χ3n) is 5.53. The van der Waals surface area contributed by atoms with Crippen LogP contribution in [-0.2, 0) is 11.4 Å². The summed E-state index contributed by atoms with van der Waals surface area (Å²) in [5, 5.41) is 28.5. The molecule has 1 fully saturated rings. The Bertz CT molecular complexity index is 1320. The second kappa shape index (κ2) is 10.9. The smallest absolute Gasteiger partial charge is 0.307 e. The largest absolute Gasteiger partial charge is 0.481 e. The molecule has 4 aromatic rings. The van der Waals surface area contributed by atoms with E-state index in [4.69, 9.17) is 15.9 Å². The number of nitrogen functional groups attached to an aromatic ring is 1. The summed E-state index contributed by atoms with van der Waals surface area (Å²) in [5.41, 5.74) is 7.71. The second-order valence-corrected chi connectivity index (χ2v) is 8.08. The van der Waals surface area contributed by atoms with Crippen LogP contribution < -0.4 is 16.4 Å². The number of aromatic nitrogens is 4. The first kappa shape index (κ1) is 24.0. The first-order valence-electron chi connectivity index (χ1n) is 11.1. The number of piperidine rings is 1.